The first kappa shape index (κ1) is 20.4. The minimum atomic E-state index is -2.99. The Morgan fingerprint density at radius 2 is 1.90 bits per heavy atom. The van der Waals surface area contributed by atoms with Crippen LogP contribution in [-0.2, 0) is 11.3 Å². The van der Waals surface area contributed by atoms with Gasteiger partial charge in [-0.05, 0) is 36.4 Å². The Labute approximate surface area is 174 Å². The summed E-state index contributed by atoms with van der Waals surface area (Å²) in [5.74, 6) is 0.582. The molecule has 0 saturated heterocycles. The van der Waals surface area contributed by atoms with Crippen LogP contribution in [0, 0.1) is 0 Å². The van der Waals surface area contributed by atoms with Crippen LogP contribution in [-0.4, -0.2) is 43.0 Å². The van der Waals surface area contributed by atoms with Crippen molar-refractivity contribution in [2.45, 2.75) is 13.2 Å². The minimum absolute atomic E-state index is 0.0489. The summed E-state index contributed by atoms with van der Waals surface area (Å²) in [6.45, 7) is -2.40. The van der Waals surface area contributed by atoms with Crippen molar-refractivity contribution in [2.24, 2.45) is 0 Å². The fourth-order valence-corrected chi connectivity index (χ4v) is 2.81. The van der Waals surface area contributed by atoms with Crippen molar-refractivity contribution >= 4 is 5.97 Å². The van der Waals surface area contributed by atoms with Crippen LogP contribution in [0.25, 0.3) is 11.4 Å². The lowest BCUT2D eigenvalue weighted by Crippen LogP contribution is -2.16. The van der Waals surface area contributed by atoms with Crippen LogP contribution < -0.4 is 18.9 Å². The molecule has 162 valence electrons. The van der Waals surface area contributed by atoms with E-state index in [2.05, 4.69) is 14.9 Å². The first-order chi connectivity index (χ1) is 15.0. The molecule has 2 aromatic carbocycles. The fourth-order valence-electron chi connectivity index (χ4n) is 2.81. The van der Waals surface area contributed by atoms with Gasteiger partial charge in [0.2, 0.25) is 5.82 Å². The van der Waals surface area contributed by atoms with E-state index in [-0.39, 0.29) is 35.4 Å². The molecule has 0 aliphatic carbocycles. The molecule has 0 unspecified atom stereocenters. The molecule has 0 atom stereocenters. The molecular formula is C20H16F2N2O7. The Kier molecular flexibility index (Phi) is 5.83. The van der Waals surface area contributed by atoms with E-state index in [0.717, 1.165) is 0 Å². The molecule has 0 amide bonds. The maximum absolute atomic E-state index is 12.4. The molecule has 0 N–H and O–H groups in total. The third-order valence-corrected chi connectivity index (χ3v) is 4.21. The summed E-state index contributed by atoms with van der Waals surface area (Å²) in [6.07, 6.45) is 0. The summed E-state index contributed by atoms with van der Waals surface area (Å²) in [7, 11) is 1.32. The van der Waals surface area contributed by atoms with E-state index in [1.54, 1.807) is 12.1 Å². The molecule has 1 aliphatic rings. The topological polar surface area (TPSA) is 102 Å². The Balaban J connectivity index is 1.42. The number of methoxy groups -OCH3 is 1. The quantitative estimate of drug-likeness (QED) is 0.517. The predicted molar refractivity (Wildman–Crippen MR) is 99.5 cm³/mol. The number of benzene rings is 2. The van der Waals surface area contributed by atoms with E-state index >= 15 is 0 Å². The number of carbonyl (C=O) groups is 1. The molecule has 3 aromatic rings. The number of rotatable bonds is 7. The van der Waals surface area contributed by atoms with Crippen LogP contribution in [0.15, 0.2) is 40.9 Å². The maximum Gasteiger partial charge on any atom is 0.387 e. The average Bonchev–Trinajstić information content (AvgIpc) is 3.26. The second-order valence-corrected chi connectivity index (χ2v) is 6.19. The largest absolute Gasteiger partial charge is 0.493 e. The van der Waals surface area contributed by atoms with Gasteiger partial charge in [-0.3, -0.25) is 0 Å². The molecule has 0 spiro atoms. The lowest BCUT2D eigenvalue weighted by atomic mass is 10.2. The number of esters is 1. The molecule has 4 rings (SSSR count). The maximum atomic E-state index is 12.4. The molecule has 0 radical (unpaired) electrons. The Bertz CT molecular complexity index is 1090. The van der Waals surface area contributed by atoms with E-state index < -0.39 is 12.6 Å². The number of fused-ring (bicyclic) bond motifs is 1. The van der Waals surface area contributed by atoms with Crippen molar-refractivity contribution in [3.8, 4) is 34.4 Å². The molecule has 1 aromatic heterocycles. The van der Waals surface area contributed by atoms with Crippen LogP contribution in [0.4, 0.5) is 8.78 Å². The molecule has 1 aliphatic heterocycles. The van der Waals surface area contributed by atoms with Crippen molar-refractivity contribution in [1.29, 1.82) is 0 Å². The third-order valence-electron chi connectivity index (χ3n) is 4.21. The summed E-state index contributed by atoms with van der Waals surface area (Å²) < 4.78 is 55.5. The van der Waals surface area contributed by atoms with Gasteiger partial charge in [0.05, 0.1) is 12.7 Å². The highest BCUT2D eigenvalue weighted by Crippen LogP contribution is 2.33. The average molecular weight is 434 g/mol. The van der Waals surface area contributed by atoms with E-state index in [1.165, 1.54) is 31.4 Å². The molecule has 2 heterocycles. The van der Waals surface area contributed by atoms with Gasteiger partial charge in [-0.15, -0.1) is 0 Å². The third kappa shape index (κ3) is 4.65. The van der Waals surface area contributed by atoms with Gasteiger partial charge in [-0.2, -0.15) is 13.8 Å². The molecule has 0 fully saturated rings. The molecule has 0 bridgehead atoms. The fraction of sp³-hybridized carbons (Fsp3) is 0.250. The Morgan fingerprint density at radius 3 is 2.68 bits per heavy atom. The van der Waals surface area contributed by atoms with E-state index in [1.807, 2.05) is 0 Å². The lowest BCUT2D eigenvalue weighted by Gasteiger charge is -2.18. The zero-order valence-electron chi connectivity index (χ0n) is 16.2. The molecular weight excluding hydrogens is 418 g/mol. The second kappa shape index (κ2) is 8.86. The van der Waals surface area contributed by atoms with E-state index in [9.17, 15) is 13.6 Å². The number of halogens is 2. The van der Waals surface area contributed by atoms with Crippen LogP contribution in [0.2, 0.25) is 0 Å². The predicted octanol–water partition coefficient (Wildman–Crippen LogP) is 3.47. The summed E-state index contributed by atoms with van der Waals surface area (Å²) in [5, 5.41) is 3.80. The SMILES string of the molecule is COc1cc(-c2noc(COC(=O)c3ccc4c(c3)OCCO4)n2)ccc1OC(F)F. The monoisotopic (exact) mass is 434 g/mol. The zero-order valence-corrected chi connectivity index (χ0v) is 16.2. The lowest BCUT2D eigenvalue weighted by molar-refractivity contribution is -0.0512. The number of alkyl halides is 2. The normalized spacial score (nSPS) is 12.5. The first-order valence-corrected chi connectivity index (χ1v) is 9.06. The minimum Gasteiger partial charge on any atom is -0.493 e. The molecule has 9 nitrogen and oxygen atoms in total. The van der Waals surface area contributed by atoms with Crippen molar-refractivity contribution in [3.63, 3.8) is 0 Å². The van der Waals surface area contributed by atoms with E-state index in [4.69, 9.17) is 23.5 Å². The van der Waals surface area contributed by atoms with Crippen LogP contribution >= 0.6 is 0 Å². The number of carbonyl (C=O) groups excluding carboxylic acids is 1. The van der Waals surface area contributed by atoms with Gasteiger partial charge in [0.15, 0.2) is 29.6 Å². The zero-order chi connectivity index (χ0) is 21.8. The van der Waals surface area contributed by atoms with Crippen molar-refractivity contribution in [1.82, 2.24) is 10.1 Å². The van der Waals surface area contributed by atoms with Crippen molar-refractivity contribution < 1.29 is 41.8 Å². The highest BCUT2D eigenvalue weighted by molar-refractivity contribution is 5.90. The smallest absolute Gasteiger partial charge is 0.387 e. The molecule has 31 heavy (non-hydrogen) atoms. The van der Waals surface area contributed by atoms with Gasteiger partial charge in [0.1, 0.15) is 13.2 Å². The number of nitrogens with zero attached hydrogens (tertiary/aromatic N) is 2. The number of hydrogen-bond acceptors (Lipinski definition) is 9. The van der Waals surface area contributed by atoms with Gasteiger partial charge in [0, 0.05) is 5.56 Å². The number of ether oxygens (including phenoxy) is 5. The first-order valence-electron chi connectivity index (χ1n) is 9.06. The van der Waals surface area contributed by atoms with Gasteiger partial charge >= 0.3 is 12.6 Å². The van der Waals surface area contributed by atoms with Crippen molar-refractivity contribution in [2.75, 3.05) is 20.3 Å². The molecule has 0 saturated carbocycles. The molecule has 11 heteroatoms. The summed E-state index contributed by atoms with van der Waals surface area (Å²) in [6, 6.07) is 8.92. The van der Waals surface area contributed by atoms with Gasteiger partial charge < -0.3 is 28.2 Å². The highest BCUT2D eigenvalue weighted by Gasteiger charge is 2.18. The highest BCUT2D eigenvalue weighted by atomic mass is 19.3. The second-order valence-electron chi connectivity index (χ2n) is 6.19. The van der Waals surface area contributed by atoms with Crippen LogP contribution in [0.5, 0.6) is 23.0 Å². The van der Waals surface area contributed by atoms with Gasteiger partial charge in [-0.25, -0.2) is 4.79 Å². The summed E-state index contributed by atoms with van der Waals surface area (Å²) in [4.78, 5) is 16.4. The number of aromatic nitrogens is 2. The standard InChI is InChI=1S/C20H16F2N2O7/c1-26-15-8-11(2-5-14(15)30-20(21)22)18-23-17(31-24-18)10-29-19(25)12-3-4-13-16(9-12)28-7-6-27-13/h2-5,8-9,20H,6-7,10H2,1H3. The van der Waals surface area contributed by atoms with Gasteiger partial charge in [-0.1, -0.05) is 5.16 Å². The van der Waals surface area contributed by atoms with E-state index in [0.29, 0.717) is 30.3 Å². The summed E-state index contributed by atoms with van der Waals surface area (Å²) in [5.41, 5.74) is 0.718. The van der Waals surface area contributed by atoms with Crippen LogP contribution in [0.1, 0.15) is 16.2 Å². The van der Waals surface area contributed by atoms with Crippen molar-refractivity contribution in [3.05, 3.63) is 47.9 Å². The van der Waals surface area contributed by atoms with Gasteiger partial charge in [0.25, 0.3) is 5.89 Å². The van der Waals surface area contributed by atoms with Crippen LogP contribution in [0.3, 0.4) is 0 Å². The Hall–Kier alpha value is -3.89. The number of hydrogen-bond donors (Lipinski definition) is 0. The Morgan fingerprint density at radius 1 is 1.10 bits per heavy atom. The summed E-state index contributed by atoms with van der Waals surface area (Å²) >= 11 is 0.